The maximum absolute atomic E-state index is 12.4. The number of unbranched alkanes of at least 4 members (excludes halogenated alkanes) is 18. The Balaban J connectivity index is 4.08. The zero-order valence-electron chi connectivity index (χ0n) is 23.4. The van der Waals surface area contributed by atoms with Gasteiger partial charge in [0.05, 0.1) is 18.8 Å². The molecule has 0 rings (SSSR count). The number of carbonyl (C=O) groups is 1. The fourth-order valence-electron chi connectivity index (χ4n) is 4.52. The highest BCUT2D eigenvalue weighted by Crippen LogP contribution is 2.36. The second-order valence-electron chi connectivity index (χ2n) is 10.4. The van der Waals surface area contributed by atoms with Crippen LogP contribution in [-0.4, -0.2) is 39.6 Å². The van der Waals surface area contributed by atoms with Crippen molar-refractivity contribution in [2.75, 3.05) is 6.61 Å². The predicted octanol–water partition coefficient (Wildman–Crippen LogP) is 7.56. The van der Waals surface area contributed by atoms with Gasteiger partial charge in [-0.05, 0) is 12.8 Å². The van der Waals surface area contributed by atoms with Crippen molar-refractivity contribution in [3.8, 4) is 0 Å². The summed E-state index contributed by atoms with van der Waals surface area (Å²) in [6.07, 6.45) is 23.8. The smallest absolute Gasteiger partial charge is 0.391 e. The van der Waals surface area contributed by atoms with E-state index in [1.54, 1.807) is 0 Å². The Hall–Kier alpha value is -0.460. The van der Waals surface area contributed by atoms with Crippen LogP contribution in [0.2, 0.25) is 0 Å². The minimum absolute atomic E-state index is 0.200. The van der Waals surface area contributed by atoms with Gasteiger partial charge in [0, 0.05) is 6.42 Å². The lowest BCUT2D eigenvalue weighted by atomic mass is 10.0. The van der Waals surface area contributed by atoms with Gasteiger partial charge in [0.25, 0.3) is 0 Å². The van der Waals surface area contributed by atoms with Gasteiger partial charge in [-0.15, -0.1) is 0 Å². The number of aliphatic hydroxyl groups excluding tert-OH is 1. The molecule has 0 radical (unpaired) electrons. The molecule has 0 saturated carbocycles. The molecule has 0 aromatic heterocycles. The van der Waals surface area contributed by atoms with Gasteiger partial charge >= 0.3 is 7.82 Å². The molecule has 1 amide bonds. The van der Waals surface area contributed by atoms with Crippen LogP contribution in [0.4, 0.5) is 0 Å². The number of carbonyl (C=O) groups excluding carboxylic acids is 1. The summed E-state index contributed by atoms with van der Waals surface area (Å²) in [6, 6.07) is -0.813. The molecular weight excluding hydrogens is 477 g/mol. The van der Waals surface area contributed by atoms with Gasteiger partial charge in [-0.25, -0.2) is 4.57 Å². The summed E-state index contributed by atoms with van der Waals surface area (Å²) in [5.41, 5.74) is 0. The van der Waals surface area contributed by atoms with Crippen LogP contribution in [-0.2, 0) is 13.9 Å². The van der Waals surface area contributed by atoms with Gasteiger partial charge in [-0.1, -0.05) is 136 Å². The zero-order valence-corrected chi connectivity index (χ0v) is 24.3. The summed E-state index contributed by atoms with van der Waals surface area (Å²) in [5, 5.41) is 13.3. The standard InChI is InChI=1S/C28H58NO6P/c1-3-5-7-9-11-13-14-15-16-17-19-21-23-27(30)26(25-35-36(32,33)34)29-28(31)24-22-20-18-12-10-8-6-4-2/h26-27,30H,3-25H2,1-2H3,(H,29,31)(H2,32,33,34)/t26-,27+/m0/s1. The maximum atomic E-state index is 12.4. The average Bonchev–Trinajstić information content (AvgIpc) is 2.83. The van der Waals surface area contributed by atoms with Crippen LogP contribution < -0.4 is 5.32 Å². The topological polar surface area (TPSA) is 116 Å². The van der Waals surface area contributed by atoms with Gasteiger partial charge in [-0.2, -0.15) is 0 Å². The molecule has 0 fully saturated rings. The van der Waals surface area contributed by atoms with Gasteiger partial charge in [0.15, 0.2) is 0 Å². The monoisotopic (exact) mass is 535 g/mol. The van der Waals surface area contributed by atoms with Crippen molar-refractivity contribution < 1.29 is 28.8 Å². The lowest BCUT2D eigenvalue weighted by Gasteiger charge is -2.24. The largest absolute Gasteiger partial charge is 0.469 e. The normalized spacial score (nSPS) is 13.6. The third-order valence-corrected chi connectivity index (χ3v) is 7.33. The van der Waals surface area contributed by atoms with E-state index in [0.717, 1.165) is 38.5 Å². The molecule has 0 spiro atoms. The molecule has 0 aliphatic heterocycles. The lowest BCUT2D eigenvalue weighted by molar-refractivity contribution is -0.123. The molecule has 2 atom stereocenters. The molecule has 7 nitrogen and oxygen atoms in total. The van der Waals surface area contributed by atoms with E-state index >= 15 is 0 Å². The fraction of sp³-hybridized carbons (Fsp3) is 0.964. The Bertz CT molecular complexity index is 542. The third kappa shape index (κ3) is 25.2. The first kappa shape index (κ1) is 35.5. The first-order chi connectivity index (χ1) is 17.3. The molecule has 0 saturated heterocycles. The van der Waals surface area contributed by atoms with E-state index in [0.29, 0.717) is 12.8 Å². The average molecular weight is 536 g/mol. The highest BCUT2D eigenvalue weighted by atomic mass is 31.2. The summed E-state index contributed by atoms with van der Waals surface area (Å²) < 4.78 is 15.7. The van der Waals surface area contributed by atoms with Gasteiger partial charge in [-0.3, -0.25) is 9.32 Å². The van der Waals surface area contributed by atoms with E-state index in [1.165, 1.54) is 89.9 Å². The minimum atomic E-state index is -4.67. The number of amides is 1. The molecular formula is C28H58NO6P. The fourth-order valence-corrected chi connectivity index (χ4v) is 4.88. The number of phosphoric ester groups is 1. The highest BCUT2D eigenvalue weighted by Gasteiger charge is 2.25. The minimum Gasteiger partial charge on any atom is -0.391 e. The second-order valence-corrected chi connectivity index (χ2v) is 11.7. The van der Waals surface area contributed by atoms with E-state index in [9.17, 15) is 14.5 Å². The van der Waals surface area contributed by atoms with Crippen LogP contribution in [0.15, 0.2) is 0 Å². The highest BCUT2D eigenvalue weighted by molar-refractivity contribution is 7.46. The number of aliphatic hydroxyl groups is 1. The van der Waals surface area contributed by atoms with E-state index in [4.69, 9.17) is 9.79 Å². The molecule has 4 N–H and O–H groups in total. The van der Waals surface area contributed by atoms with E-state index in [1.807, 2.05) is 0 Å². The summed E-state index contributed by atoms with van der Waals surface area (Å²) in [4.78, 5) is 30.4. The number of nitrogens with one attached hydrogen (secondary N) is 1. The quantitative estimate of drug-likeness (QED) is 0.0637. The molecule has 0 aromatic rings. The van der Waals surface area contributed by atoms with E-state index in [-0.39, 0.29) is 5.91 Å². The molecule has 36 heavy (non-hydrogen) atoms. The van der Waals surface area contributed by atoms with Crippen molar-refractivity contribution in [1.29, 1.82) is 0 Å². The Morgan fingerprint density at radius 3 is 1.50 bits per heavy atom. The SMILES string of the molecule is CCCCCCCCCCCCCC[C@@H](O)[C@H](COP(=O)(O)O)NC(=O)CCCCCCCCCC. The van der Waals surface area contributed by atoms with Crippen molar-refractivity contribution in [2.45, 2.75) is 167 Å². The van der Waals surface area contributed by atoms with Gasteiger partial charge in [0.1, 0.15) is 0 Å². The molecule has 0 unspecified atom stereocenters. The Labute approximate surface area is 221 Å². The van der Waals surface area contributed by atoms with Crippen molar-refractivity contribution in [2.24, 2.45) is 0 Å². The van der Waals surface area contributed by atoms with Crippen molar-refractivity contribution in [1.82, 2.24) is 5.32 Å². The summed E-state index contributed by atoms with van der Waals surface area (Å²) in [5.74, 6) is -0.200. The van der Waals surface area contributed by atoms with Crippen LogP contribution in [0.5, 0.6) is 0 Å². The number of hydrogen-bond acceptors (Lipinski definition) is 4. The summed E-state index contributed by atoms with van der Waals surface area (Å²) in [6.45, 7) is 4.05. The van der Waals surface area contributed by atoms with Crippen LogP contribution in [0.1, 0.15) is 155 Å². The summed E-state index contributed by atoms with van der Waals surface area (Å²) in [7, 11) is -4.67. The Morgan fingerprint density at radius 1 is 0.694 bits per heavy atom. The van der Waals surface area contributed by atoms with Crippen LogP contribution in [0.25, 0.3) is 0 Å². The number of hydrogen-bond donors (Lipinski definition) is 4. The Morgan fingerprint density at radius 2 is 1.08 bits per heavy atom. The van der Waals surface area contributed by atoms with Gasteiger partial charge < -0.3 is 20.2 Å². The first-order valence-corrected chi connectivity index (χ1v) is 16.5. The predicted molar refractivity (Wildman–Crippen MR) is 149 cm³/mol. The van der Waals surface area contributed by atoms with Gasteiger partial charge in [0.2, 0.25) is 5.91 Å². The first-order valence-electron chi connectivity index (χ1n) is 15.0. The van der Waals surface area contributed by atoms with Crippen molar-refractivity contribution >= 4 is 13.7 Å². The molecule has 8 heteroatoms. The summed E-state index contributed by atoms with van der Waals surface area (Å²) >= 11 is 0. The van der Waals surface area contributed by atoms with Crippen LogP contribution in [0.3, 0.4) is 0 Å². The van der Waals surface area contributed by atoms with Crippen molar-refractivity contribution in [3.05, 3.63) is 0 Å². The maximum Gasteiger partial charge on any atom is 0.469 e. The molecule has 0 bridgehead atoms. The molecule has 0 aliphatic rings. The number of phosphoric acid groups is 1. The zero-order chi connectivity index (χ0) is 26.9. The third-order valence-electron chi connectivity index (χ3n) is 6.84. The lowest BCUT2D eigenvalue weighted by Crippen LogP contribution is -2.46. The van der Waals surface area contributed by atoms with Crippen LogP contribution in [0, 0.1) is 0 Å². The molecule has 0 aromatic carbocycles. The number of rotatable bonds is 27. The molecule has 216 valence electrons. The molecule has 0 aliphatic carbocycles. The van der Waals surface area contributed by atoms with Crippen LogP contribution >= 0.6 is 7.82 Å². The van der Waals surface area contributed by atoms with E-state index in [2.05, 4.69) is 23.7 Å². The second kappa shape index (κ2) is 24.9. The Kier molecular flexibility index (Phi) is 24.5. The van der Waals surface area contributed by atoms with E-state index < -0.39 is 26.6 Å². The molecule has 0 heterocycles. The van der Waals surface area contributed by atoms with Crippen molar-refractivity contribution in [3.63, 3.8) is 0 Å².